The van der Waals surface area contributed by atoms with Crippen molar-refractivity contribution in [1.82, 2.24) is 9.78 Å². The number of allylic oxidation sites excluding steroid dienone is 4. The fourth-order valence-corrected chi connectivity index (χ4v) is 7.83. The number of hydrogen-bond donors (Lipinski definition) is 10. The number of ether oxygens (including phenoxy) is 3. The molecule has 0 spiro atoms. The van der Waals surface area contributed by atoms with Crippen molar-refractivity contribution < 1.29 is 88.4 Å². The third kappa shape index (κ3) is 13.8. The minimum atomic E-state index is -5.18. The number of phenolic OH excluding ortho intramolecular Hbond substituents is 1. The van der Waals surface area contributed by atoms with Crippen molar-refractivity contribution in [1.29, 1.82) is 0 Å². The zero-order valence-corrected chi connectivity index (χ0v) is 39.2. The summed E-state index contributed by atoms with van der Waals surface area (Å²) >= 11 is 0. The summed E-state index contributed by atoms with van der Waals surface area (Å²) in [7, 11) is -13.1. The van der Waals surface area contributed by atoms with E-state index < -0.39 is 104 Å². The number of carboxylic acids is 1. The van der Waals surface area contributed by atoms with Gasteiger partial charge in [-0.1, -0.05) is 0 Å². The number of benzene rings is 4. The maximum atomic E-state index is 12.5. The predicted molar refractivity (Wildman–Crippen MR) is 247 cm³/mol. The molecular formula is C39H41N9O20S3. The number of carbonyl (C=O) groups is 1. The van der Waals surface area contributed by atoms with Gasteiger partial charge in [0.05, 0.1) is 36.7 Å². The number of aliphatic hydroxyl groups excluding tert-OH is 2. The van der Waals surface area contributed by atoms with Gasteiger partial charge in [-0.3, -0.25) is 23.8 Å². The van der Waals surface area contributed by atoms with Crippen molar-refractivity contribution >= 4 is 81.2 Å². The van der Waals surface area contributed by atoms with E-state index in [1.807, 2.05) is 0 Å². The molecule has 0 radical (unpaired) electrons. The molecule has 0 aliphatic heterocycles. The number of methoxy groups -OCH3 is 1. The molecule has 0 aliphatic carbocycles. The second-order valence-electron chi connectivity index (χ2n) is 13.8. The topological polar surface area (TPSA) is 471 Å². The van der Waals surface area contributed by atoms with E-state index in [1.165, 1.54) is 50.6 Å². The highest BCUT2D eigenvalue weighted by atomic mass is 32.2. The average molecular weight is 1050 g/mol. The number of phenols is 1. The first-order valence-electron chi connectivity index (χ1n) is 19.3. The van der Waals surface area contributed by atoms with E-state index in [4.69, 9.17) is 30.2 Å². The largest absolute Gasteiger partial charge is 0.505 e. The summed E-state index contributed by atoms with van der Waals surface area (Å²) in [6.07, 6.45) is 3.80. The van der Waals surface area contributed by atoms with Gasteiger partial charge in [0, 0.05) is 29.7 Å². The summed E-state index contributed by atoms with van der Waals surface area (Å²) in [5.41, 5.74) is 7.23. The summed E-state index contributed by atoms with van der Waals surface area (Å²) in [4.78, 5) is 19.5. The lowest BCUT2D eigenvalue weighted by atomic mass is 10.1. The van der Waals surface area contributed by atoms with Crippen LogP contribution in [0, 0.1) is 10.1 Å². The Balaban J connectivity index is 0.000000629. The molecule has 380 valence electrons. The van der Waals surface area contributed by atoms with Gasteiger partial charge in [0.1, 0.15) is 67.8 Å². The molecule has 1 heterocycles. The molecule has 4 aromatic carbocycles. The summed E-state index contributed by atoms with van der Waals surface area (Å²) in [5, 5.41) is 79.8. The Hall–Kier alpha value is -8.11. The van der Waals surface area contributed by atoms with Crippen LogP contribution in [0.3, 0.4) is 0 Å². The Morgan fingerprint density at radius 2 is 1.39 bits per heavy atom. The lowest BCUT2D eigenvalue weighted by Crippen LogP contribution is -2.04. The van der Waals surface area contributed by atoms with E-state index in [0.29, 0.717) is 17.4 Å². The van der Waals surface area contributed by atoms with Crippen LogP contribution < -0.4 is 20.9 Å². The van der Waals surface area contributed by atoms with E-state index in [2.05, 4.69) is 25.6 Å². The summed E-state index contributed by atoms with van der Waals surface area (Å²) in [5.74, 6) is -3.28. The number of nitro benzene ring substituents is 1. The van der Waals surface area contributed by atoms with Crippen LogP contribution in [0.2, 0.25) is 0 Å². The lowest BCUT2D eigenvalue weighted by molar-refractivity contribution is -0.385. The SMILES string of the molecule is CO/C(C)=C/C(=C(C)\C=C\N)S(=O)(=O)O.Nc1c(C(=O)O)nn(-c2ccc3c(O)c(N=Nc4cc(OCCO)c(N=Nc5ccc([N+](=O)[O-])cc5S(=O)(=O)O)cc4OCCO)c(S(=O)(=O)O)cc3c2)c1O. The van der Waals surface area contributed by atoms with Crippen LogP contribution >= 0.6 is 0 Å². The Morgan fingerprint density at radius 3 is 1.87 bits per heavy atom. The molecule has 0 fully saturated rings. The molecule has 0 bridgehead atoms. The van der Waals surface area contributed by atoms with Crippen LogP contribution in [0.1, 0.15) is 24.3 Å². The van der Waals surface area contributed by atoms with E-state index in [9.17, 15) is 74.8 Å². The first kappa shape index (κ1) is 55.5. The van der Waals surface area contributed by atoms with Crippen molar-refractivity contribution in [3.05, 3.63) is 105 Å². The Morgan fingerprint density at radius 1 is 0.831 bits per heavy atom. The number of fused-ring (bicyclic) bond motifs is 1. The van der Waals surface area contributed by atoms with Crippen molar-refractivity contribution in [3.63, 3.8) is 0 Å². The number of nitrogens with two attached hydrogens (primary N) is 2. The van der Waals surface area contributed by atoms with Gasteiger partial charge in [0.25, 0.3) is 36.0 Å². The first-order valence-corrected chi connectivity index (χ1v) is 23.6. The van der Waals surface area contributed by atoms with Crippen molar-refractivity contribution in [3.8, 4) is 28.8 Å². The van der Waals surface area contributed by atoms with Gasteiger partial charge in [-0.25, -0.2) is 4.79 Å². The molecule has 29 nitrogen and oxygen atoms in total. The summed E-state index contributed by atoms with van der Waals surface area (Å²) < 4.78 is 116. The first-order chi connectivity index (χ1) is 33.2. The molecule has 0 amide bonds. The molecule has 71 heavy (non-hydrogen) atoms. The van der Waals surface area contributed by atoms with Gasteiger partial charge in [-0.05, 0) is 73.5 Å². The predicted octanol–water partition coefficient (Wildman–Crippen LogP) is 4.86. The highest BCUT2D eigenvalue weighted by Crippen LogP contribution is 2.45. The van der Waals surface area contributed by atoms with Crippen molar-refractivity contribution in [2.75, 3.05) is 39.3 Å². The normalized spacial score (nSPS) is 12.8. The van der Waals surface area contributed by atoms with Gasteiger partial charge < -0.3 is 51.2 Å². The number of aliphatic hydroxyl groups is 2. The van der Waals surface area contributed by atoms with E-state index in [1.54, 1.807) is 6.92 Å². The standard InChI is InChI=1S/C30H26N8O16S2.C9H15NO4S/c31-25-27(30(43)44)36-37(29(25)42)15-1-3-17-14(9-15)10-24(56(50,51)52)26(28(17)41)35-34-20-13-21(53-7-5-39)19(12-22(20)54-8-6-40)33-32-18-4-2-16(38(45)46)11-23(18)55(47,48)49;1-7(4-5-10)9(15(11,12)13)6-8(2)14-3/h1-4,9-13,39-42H,5-8,31H2,(H,43,44)(H,47,48,49)(H,50,51,52);4-6H,10H2,1-3H3,(H,11,12,13)/b;5-4+,8-6+,9-7+. The smallest absolute Gasteiger partial charge is 0.358 e. The number of non-ortho nitro benzene ring substituents is 1. The molecule has 0 saturated carbocycles. The Labute approximate surface area is 401 Å². The molecule has 5 rings (SSSR count). The summed E-state index contributed by atoms with van der Waals surface area (Å²) in [6, 6.07) is 9.02. The van der Waals surface area contributed by atoms with Crippen LogP contribution in [0.4, 0.5) is 34.1 Å². The summed E-state index contributed by atoms with van der Waals surface area (Å²) in [6.45, 7) is 1.26. The van der Waals surface area contributed by atoms with Crippen molar-refractivity contribution in [2.24, 2.45) is 26.2 Å². The number of nitrogens with zero attached hydrogens (tertiary/aromatic N) is 7. The van der Waals surface area contributed by atoms with Crippen LogP contribution in [-0.4, -0.2) is 119 Å². The zero-order valence-electron chi connectivity index (χ0n) is 36.7. The molecular weight excluding hydrogens is 1010 g/mol. The van der Waals surface area contributed by atoms with Gasteiger partial charge in [-0.15, -0.1) is 20.5 Å². The molecule has 32 heteroatoms. The second-order valence-corrected chi connectivity index (χ2v) is 18.0. The van der Waals surface area contributed by atoms with Crippen molar-refractivity contribution in [2.45, 2.75) is 23.6 Å². The van der Waals surface area contributed by atoms with Crippen LogP contribution in [0.5, 0.6) is 23.1 Å². The number of carboxylic acid groups (broad SMARTS) is 1. The van der Waals surface area contributed by atoms with Gasteiger partial charge in [0.2, 0.25) is 5.88 Å². The maximum Gasteiger partial charge on any atom is 0.358 e. The number of aromatic nitrogens is 2. The lowest BCUT2D eigenvalue weighted by Gasteiger charge is -2.13. The second kappa shape index (κ2) is 23.0. The molecule has 0 unspecified atom stereocenters. The monoisotopic (exact) mass is 1050 g/mol. The fraction of sp³-hybridized carbons (Fsp3) is 0.179. The number of aromatic hydroxyl groups is 2. The number of azo groups is 2. The number of hydrogen-bond acceptors (Lipinski definition) is 23. The number of nitro groups is 1. The Kier molecular flexibility index (Phi) is 18.0. The molecule has 0 atom stereocenters. The average Bonchev–Trinajstić information content (AvgIpc) is 3.60. The number of aromatic carboxylic acids is 1. The van der Waals surface area contributed by atoms with Crippen LogP contribution in [-0.2, 0) is 35.1 Å². The van der Waals surface area contributed by atoms with Crippen LogP contribution in [0.25, 0.3) is 16.5 Å². The third-order valence-corrected chi connectivity index (χ3v) is 11.8. The quantitative estimate of drug-likeness (QED) is 0.0132. The number of nitrogen functional groups attached to an aromatic ring is 1. The fourth-order valence-electron chi connectivity index (χ4n) is 5.74. The number of rotatable bonds is 19. The van der Waals surface area contributed by atoms with Crippen LogP contribution in [0.15, 0.2) is 119 Å². The third-order valence-electron chi connectivity index (χ3n) is 9.02. The van der Waals surface area contributed by atoms with Gasteiger partial charge in [0.15, 0.2) is 11.4 Å². The molecule has 0 saturated heterocycles. The molecule has 12 N–H and O–H groups in total. The van der Waals surface area contributed by atoms with E-state index >= 15 is 0 Å². The molecule has 1 aromatic heterocycles. The highest BCUT2D eigenvalue weighted by molar-refractivity contribution is 7.90. The number of anilines is 1. The van der Waals surface area contributed by atoms with Gasteiger partial charge in [-0.2, -0.15) is 35.0 Å². The Bertz CT molecular complexity index is 3390. The van der Waals surface area contributed by atoms with E-state index in [0.717, 1.165) is 35.0 Å². The zero-order chi connectivity index (χ0) is 53.2. The molecule has 5 aromatic rings. The minimum Gasteiger partial charge on any atom is -0.505 e. The van der Waals surface area contributed by atoms with E-state index in [-0.39, 0.29) is 57.5 Å². The maximum absolute atomic E-state index is 12.5. The minimum absolute atomic E-state index is 0.0367. The molecule has 0 aliphatic rings. The highest BCUT2D eigenvalue weighted by Gasteiger charge is 2.26. The van der Waals surface area contributed by atoms with Gasteiger partial charge >= 0.3 is 5.97 Å².